The van der Waals surface area contributed by atoms with E-state index < -0.39 is 206 Å². The Bertz CT molecular complexity index is 2670. The molecule has 5 unspecified atom stereocenters. The van der Waals surface area contributed by atoms with E-state index in [9.17, 15) is 98.1 Å². The molecule has 39 nitrogen and oxygen atoms in total. The van der Waals surface area contributed by atoms with Crippen LogP contribution in [0.5, 0.6) is 0 Å². The predicted molar refractivity (Wildman–Crippen MR) is 306 cm³/mol. The first kappa shape index (κ1) is 77.6. The van der Waals surface area contributed by atoms with Gasteiger partial charge in [-0.3, -0.25) is 43.2 Å². The molecule has 0 bridgehead atoms. The summed E-state index contributed by atoms with van der Waals surface area (Å²) >= 11 is 0. The van der Waals surface area contributed by atoms with Crippen molar-refractivity contribution >= 4 is 89.7 Å². The first-order valence-corrected chi connectivity index (χ1v) is 28.3. The van der Waals surface area contributed by atoms with E-state index in [2.05, 4.69) is 41.9 Å². The smallest absolute Gasteiger partial charge is 0.407 e. The summed E-state index contributed by atoms with van der Waals surface area (Å²) in [5, 5.41) is 94.9. The van der Waals surface area contributed by atoms with E-state index in [1.165, 1.54) is 0 Å². The highest BCUT2D eigenvalue weighted by molar-refractivity contribution is 6.35. The number of hydrogen-bond donors (Lipinski definition) is 19. The zero-order valence-corrected chi connectivity index (χ0v) is 49.6. The summed E-state index contributed by atoms with van der Waals surface area (Å²) < 4.78 is 26.7. The summed E-state index contributed by atoms with van der Waals surface area (Å²) in [6.45, 7) is 0.625. The Kier molecular flexibility index (Phi) is 34.3. The number of carbonyl (C=O) groups is 13. The molecule has 91 heavy (non-hydrogen) atoms. The first-order valence-electron chi connectivity index (χ1n) is 28.3. The number of amides is 6. The van der Waals surface area contributed by atoms with Gasteiger partial charge in [-0.05, 0) is 38.3 Å². The average molecular weight is 1300 g/mol. The molecule has 0 radical (unpaired) electrons. The van der Waals surface area contributed by atoms with Crippen molar-refractivity contribution in [2.75, 3.05) is 45.9 Å². The first-order chi connectivity index (χ1) is 42.9. The zero-order valence-electron chi connectivity index (χ0n) is 49.6. The number of ketones is 2. The summed E-state index contributed by atoms with van der Waals surface area (Å²) in [6, 6.07) is -7.62. The molecule has 0 aromatic heterocycles. The fourth-order valence-corrected chi connectivity index (χ4v) is 9.03. The minimum atomic E-state index is -2.18. The van der Waals surface area contributed by atoms with Crippen molar-refractivity contribution in [2.45, 2.75) is 151 Å². The second-order valence-electron chi connectivity index (χ2n) is 20.6. The van der Waals surface area contributed by atoms with E-state index in [4.69, 9.17) is 51.7 Å². The molecule has 510 valence electrons. The van der Waals surface area contributed by atoms with Crippen molar-refractivity contribution in [1.29, 1.82) is 0 Å². The number of aliphatic hydroxyl groups is 4. The Morgan fingerprint density at radius 2 is 1.15 bits per heavy atom. The SMILES string of the molecule is CC(=O)N[C@H]1C([C@H](OC(=O)NCCCCCCNC(=O)C(CC(=O)CNCCCCCNC(=O)O[C@H](C(O)CO)C2OC(C(=O)O)=C[C@H](N=C(N)N)[C@H]2C)CC(=O)N[C@H](CC(=O)O)C(=O)N[C@H](CC(=O)O)C(=O)C(=O)O)C(O)CO)OC(OC=O)=C[C@@H]1N=C(N)N. The maximum absolute atomic E-state index is 13.6. The summed E-state index contributed by atoms with van der Waals surface area (Å²) in [5.74, 6) is -17.6. The number of aliphatic carboxylic acids is 4. The Morgan fingerprint density at radius 1 is 0.637 bits per heavy atom. The monoisotopic (exact) mass is 1300 g/mol. The van der Waals surface area contributed by atoms with Crippen LogP contribution in [0.1, 0.15) is 84.5 Å². The molecule has 0 saturated carbocycles. The molecule has 39 heteroatoms. The van der Waals surface area contributed by atoms with Crippen molar-refractivity contribution < 1.29 is 127 Å². The molecular formula is C52H81N13O26. The molecule has 6 amide bonds. The molecule has 2 heterocycles. The highest BCUT2D eigenvalue weighted by atomic mass is 16.7. The van der Waals surface area contributed by atoms with Crippen molar-refractivity contribution in [3.05, 3.63) is 23.9 Å². The standard InChI is InChI=1S/C52H81N13O26/c1-24-28(64-49(53)54)16-34(47(81)82)88-41(24)42(32(71)21-66)90-51(85)60-13-9-5-6-10-57-20-27(70)14-26(15-35(73)62-31(18-37(76)77)46(80)63-30(17-36(74)75)40(78)48(83)84)45(79)58-11-7-3-4-8-12-59-52(86)91-43(33(72)22-67)44-39(61-25(2)69)29(65-50(55)56)19-38(89-44)87-23-68/h16,19,23-24,26,28-33,39,41-44,57,66-67,71-72H,3-15,17-18,20-22H2,1-2H3,(H,58,79)(H,59,86)(H,60,85)(H,61,69)(H,62,73)(H,63,80)(H,74,75)(H,76,77)(H,81,82)(H,83,84)(H4,53,54,64)(H4,55,56,65)/t24-,26?,28+,29+,30-,31-,32?,33?,39-,41?,42-,43-,44?/m1/s1. The van der Waals surface area contributed by atoms with Gasteiger partial charge in [-0.25, -0.2) is 29.2 Å². The number of carboxylic acids is 4. The molecule has 13 atom stereocenters. The van der Waals surface area contributed by atoms with Gasteiger partial charge >= 0.3 is 42.5 Å². The number of aliphatic hydroxyl groups excluding tert-OH is 4. The minimum absolute atomic E-state index is 0.00360. The van der Waals surface area contributed by atoms with Gasteiger partial charge in [0.05, 0.1) is 50.6 Å². The molecule has 0 aromatic rings. The van der Waals surface area contributed by atoms with E-state index in [0.29, 0.717) is 38.5 Å². The second kappa shape index (κ2) is 40.2. The number of carboxylic acid groups (broad SMARTS) is 4. The molecule has 0 saturated heterocycles. The molecule has 23 N–H and O–H groups in total. The van der Waals surface area contributed by atoms with Crippen LogP contribution in [-0.2, 0) is 76.4 Å². The van der Waals surface area contributed by atoms with Gasteiger partial charge in [0, 0.05) is 51.4 Å². The Hall–Kier alpha value is -9.47. The van der Waals surface area contributed by atoms with E-state index in [1.807, 2.05) is 5.32 Å². The summed E-state index contributed by atoms with van der Waals surface area (Å²) in [6.07, 6.45) is -10.9. The molecule has 0 aromatic carbocycles. The zero-order chi connectivity index (χ0) is 68.5. The predicted octanol–water partition coefficient (Wildman–Crippen LogP) is -6.94. The number of nitrogens with two attached hydrogens (primary N) is 4. The van der Waals surface area contributed by atoms with E-state index in [-0.39, 0.29) is 51.6 Å². The van der Waals surface area contributed by atoms with Crippen LogP contribution in [0.2, 0.25) is 0 Å². The largest absolute Gasteiger partial charge is 0.481 e. The summed E-state index contributed by atoms with van der Waals surface area (Å²) in [4.78, 5) is 169. The topological polar surface area (TPSA) is 643 Å². The van der Waals surface area contributed by atoms with Crippen molar-refractivity contribution in [3.8, 4) is 0 Å². The van der Waals surface area contributed by atoms with Crippen molar-refractivity contribution in [1.82, 2.24) is 37.2 Å². The van der Waals surface area contributed by atoms with Crippen LogP contribution in [0.25, 0.3) is 0 Å². The summed E-state index contributed by atoms with van der Waals surface area (Å²) in [5.41, 5.74) is 22.1. The summed E-state index contributed by atoms with van der Waals surface area (Å²) in [7, 11) is 0. The fourth-order valence-electron chi connectivity index (χ4n) is 9.03. The van der Waals surface area contributed by atoms with Gasteiger partial charge < -0.3 is 125 Å². The number of ether oxygens (including phenoxy) is 5. The van der Waals surface area contributed by atoms with E-state index in [1.54, 1.807) is 6.92 Å². The number of unbranched alkanes of at least 4 members (excludes halogenated alkanes) is 5. The lowest BCUT2D eigenvalue weighted by molar-refractivity contribution is -0.152. The lowest BCUT2D eigenvalue weighted by Crippen LogP contribution is -2.61. The third-order valence-corrected chi connectivity index (χ3v) is 13.4. The highest BCUT2D eigenvalue weighted by Gasteiger charge is 2.47. The van der Waals surface area contributed by atoms with Gasteiger partial charge in [0.25, 0.3) is 11.7 Å². The quantitative estimate of drug-likeness (QED) is 0.00674. The molecule has 0 fully saturated rings. The second-order valence-corrected chi connectivity index (χ2v) is 20.6. The molecule has 2 rings (SSSR count). The van der Waals surface area contributed by atoms with Gasteiger partial charge in [-0.2, -0.15) is 0 Å². The van der Waals surface area contributed by atoms with Gasteiger partial charge in [-0.15, -0.1) is 0 Å². The molecule has 2 aliphatic rings. The van der Waals surface area contributed by atoms with Crippen molar-refractivity contribution in [2.24, 2.45) is 44.8 Å². The van der Waals surface area contributed by atoms with Crippen LogP contribution in [0, 0.1) is 11.8 Å². The lowest BCUT2D eigenvalue weighted by atomic mass is 9.87. The maximum Gasteiger partial charge on any atom is 0.407 e. The van der Waals surface area contributed by atoms with Crippen LogP contribution >= 0.6 is 0 Å². The maximum atomic E-state index is 13.6. The molecular weight excluding hydrogens is 1220 g/mol. The molecule has 0 spiro atoms. The number of nitrogens with zero attached hydrogens (tertiary/aromatic N) is 2. The van der Waals surface area contributed by atoms with Gasteiger partial charge in [-0.1, -0.05) is 26.2 Å². The number of Topliss-reactive ketones (excluding diaryl/α,β-unsaturated/α-hetero) is 2. The third-order valence-electron chi connectivity index (χ3n) is 13.4. The molecule has 0 aliphatic carbocycles. The van der Waals surface area contributed by atoms with Gasteiger partial charge in [0.1, 0.15) is 42.2 Å². The Balaban J connectivity index is 2.08. The van der Waals surface area contributed by atoms with Crippen LogP contribution in [0.4, 0.5) is 9.59 Å². The van der Waals surface area contributed by atoms with E-state index in [0.717, 1.165) is 19.1 Å². The van der Waals surface area contributed by atoms with Crippen LogP contribution in [0.3, 0.4) is 0 Å². The van der Waals surface area contributed by atoms with Gasteiger partial charge in [0.15, 0.2) is 30.2 Å². The van der Waals surface area contributed by atoms with E-state index >= 15 is 0 Å². The minimum Gasteiger partial charge on any atom is -0.481 e. The van der Waals surface area contributed by atoms with Crippen molar-refractivity contribution in [3.63, 3.8) is 0 Å². The number of guanidine groups is 2. The third kappa shape index (κ3) is 28.7. The highest BCUT2D eigenvalue weighted by Crippen LogP contribution is 2.31. The number of alkyl carbamates (subject to hydrolysis) is 2. The number of hydrogen-bond acceptors (Lipinski definition) is 25. The van der Waals surface area contributed by atoms with Gasteiger partial charge in [0.2, 0.25) is 29.4 Å². The van der Waals surface area contributed by atoms with Crippen LogP contribution in [0.15, 0.2) is 33.8 Å². The Labute approximate surface area is 518 Å². The average Bonchev–Trinajstić information content (AvgIpc) is 0.819. The van der Waals surface area contributed by atoms with Crippen LogP contribution < -0.4 is 60.2 Å². The number of aliphatic imine (C=N–C) groups is 2. The fraction of sp³-hybridized carbons (Fsp3) is 0.635. The number of nitrogens with one attached hydrogen (secondary N) is 7. The molecule has 2 aliphatic heterocycles. The lowest BCUT2D eigenvalue weighted by Gasteiger charge is -2.39. The van der Waals surface area contributed by atoms with Crippen LogP contribution in [-0.4, -0.2) is 243 Å². The normalized spacial score (nSPS) is 19.8. The number of rotatable bonds is 43. The number of carbonyl (C=O) groups excluding carboxylic acids is 9. The Morgan fingerprint density at radius 3 is 1.66 bits per heavy atom.